The highest BCUT2D eigenvalue weighted by atomic mass is 32.1. The quantitative estimate of drug-likeness (QED) is 0.818. The first-order chi connectivity index (χ1) is 7.75. The van der Waals surface area contributed by atoms with Gasteiger partial charge in [-0.1, -0.05) is 10.2 Å². The van der Waals surface area contributed by atoms with Gasteiger partial charge in [0, 0.05) is 11.4 Å². The monoisotopic (exact) mass is 236 g/mol. The summed E-state index contributed by atoms with van der Waals surface area (Å²) in [5, 5.41) is 9.76. The maximum atomic E-state index is 5.44. The van der Waals surface area contributed by atoms with Crippen LogP contribution in [0.3, 0.4) is 0 Å². The van der Waals surface area contributed by atoms with Crippen molar-refractivity contribution in [3.05, 3.63) is 21.9 Å². The van der Waals surface area contributed by atoms with Gasteiger partial charge in [0.25, 0.3) is 0 Å². The summed E-state index contributed by atoms with van der Waals surface area (Å²) in [5.41, 5.74) is 6.80. The van der Waals surface area contributed by atoms with E-state index in [1.807, 2.05) is 11.3 Å². The lowest BCUT2D eigenvalue weighted by atomic mass is 10.0. The van der Waals surface area contributed by atoms with Crippen LogP contribution in [0.2, 0.25) is 0 Å². The van der Waals surface area contributed by atoms with Crippen LogP contribution in [0.5, 0.6) is 0 Å². The number of hydrogen-bond acceptors (Lipinski definition) is 6. The second kappa shape index (κ2) is 3.48. The highest BCUT2D eigenvalue weighted by Gasteiger charge is 2.27. The third-order valence-electron chi connectivity index (χ3n) is 2.95. The zero-order valence-corrected chi connectivity index (χ0v) is 9.70. The van der Waals surface area contributed by atoms with Crippen LogP contribution in [0.4, 0.5) is 12.0 Å². The minimum absolute atomic E-state index is 0.123. The number of anilines is 2. The molecule has 2 aromatic heterocycles. The molecule has 1 unspecified atom stereocenters. The molecular formula is C10H12N4OS. The first-order valence-corrected chi connectivity index (χ1v) is 6.05. The Bertz CT molecular complexity index is 506. The van der Waals surface area contributed by atoms with Crippen LogP contribution in [0.25, 0.3) is 0 Å². The highest BCUT2D eigenvalue weighted by molar-refractivity contribution is 7.10. The Kier molecular flexibility index (Phi) is 2.10. The Balaban J connectivity index is 1.95. The van der Waals surface area contributed by atoms with Crippen molar-refractivity contribution in [2.75, 3.05) is 17.2 Å². The van der Waals surface area contributed by atoms with Crippen molar-refractivity contribution in [3.8, 4) is 0 Å². The number of fused-ring (bicyclic) bond motifs is 1. The van der Waals surface area contributed by atoms with Crippen molar-refractivity contribution < 1.29 is 4.42 Å². The van der Waals surface area contributed by atoms with Gasteiger partial charge in [-0.2, -0.15) is 0 Å². The minimum Gasteiger partial charge on any atom is -0.390 e. The lowest BCUT2D eigenvalue weighted by molar-refractivity contribution is 0.508. The Hall–Kier alpha value is -1.56. The lowest BCUT2D eigenvalue weighted by Crippen LogP contribution is -2.33. The normalized spacial score (nSPS) is 19.8. The molecule has 84 valence electrons. The van der Waals surface area contributed by atoms with Gasteiger partial charge in [-0.25, -0.2) is 0 Å². The third kappa shape index (κ3) is 1.37. The van der Waals surface area contributed by atoms with Crippen molar-refractivity contribution in [1.82, 2.24) is 10.2 Å². The summed E-state index contributed by atoms with van der Waals surface area (Å²) in [7, 11) is 0. The number of nitrogens with two attached hydrogens (primary N) is 1. The molecule has 0 amide bonds. The molecule has 5 nitrogen and oxygen atoms in total. The standard InChI is InChI=1S/C10H12N4OS/c1-6-7-3-5-16-8(7)2-4-14(6)10-13-12-9(11)15-10/h3,5-6H,2,4H2,1H3,(H2,11,12). The van der Waals surface area contributed by atoms with Gasteiger partial charge < -0.3 is 15.1 Å². The molecule has 1 aliphatic heterocycles. The molecule has 0 spiro atoms. The molecule has 1 atom stereocenters. The summed E-state index contributed by atoms with van der Waals surface area (Å²) in [4.78, 5) is 3.55. The second-order valence-electron chi connectivity index (χ2n) is 3.84. The number of aromatic nitrogens is 2. The first kappa shape index (κ1) is 9.65. The molecule has 2 N–H and O–H groups in total. The van der Waals surface area contributed by atoms with Crippen LogP contribution in [-0.2, 0) is 6.42 Å². The van der Waals surface area contributed by atoms with E-state index in [1.54, 1.807) is 0 Å². The van der Waals surface area contributed by atoms with Gasteiger partial charge in [-0.15, -0.1) is 11.3 Å². The van der Waals surface area contributed by atoms with Crippen LogP contribution < -0.4 is 10.6 Å². The molecule has 6 heteroatoms. The molecule has 16 heavy (non-hydrogen) atoms. The summed E-state index contributed by atoms with van der Waals surface area (Å²) in [6.07, 6.45) is 1.03. The predicted octanol–water partition coefficient (Wildman–Crippen LogP) is 1.84. The van der Waals surface area contributed by atoms with Gasteiger partial charge >= 0.3 is 12.0 Å². The average Bonchev–Trinajstić information content (AvgIpc) is 2.87. The van der Waals surface area contributed by atoms with Crippen LogP contribution in [0.15, 0.2) is 15.9 Å². The smallest absolute Gasteiger partial charge is 0.320 e. The molecular weight excluding hydrogens is 224 g/mol. The van der Waals surface area contributed by atoms with Crippen LogP contribution >= 0.6 is 11.3 Å². The second-order valence-corrected chi connectivity index (χ2v) is 4.84. The third-order valence-corrected chi connectivity index (χ3v) is 3.95. The van der Waals surface area contributed by atoms with Gasteiger partial charge in [-0.3, -0.25) is 0 Å². The molecule has 2 aromatic rings. The van der Waals surface area contributed by atoms with Crippen LogP contribution in [0, 0.1) is 0 Å². The largest absolute Gasteiger partial charge is 0.390 e. The van der Waals surface area contributed by atoms with Gasteiger partial charge in [-0.05, 0) is 30.4 Å². The lowest BCUT2D eigenvalue weighted by Gasteiger charge is -2.31. The Labute approximate surface area is 96.9 Å². The number of rotatable bonds is 1. The van der Waals surface area contributed by atoms with E-state index in [1.165, 1.54) is 10.4 Å². The van der Waals surface area contributed by atoms with E-state index in [0.717, 1.165) is 13.0 Å². The first-order valence-electron chi connectivity index (χ1n) is 5.17. The van der Waals surface area contributed by atoms with E-state index < -0.39 is 0 Å². The molecule has 1 aliphatic rings. The summed E-state index contributed by atoms with van der Waals surface area (Å²) < 4.78 is 5.27. The minimum atomic E-state index is 0.123. The number of thiophene rings is 1. The zero-order chi connectivity index (χ0) is 11.1. The van der Waals surface area contributed by atoms with Crippen LogP contribution in [-0.4, -0.2) is 16.7 Å². The van der Waals surface area contributed by atoms with E-state index in [4.69, 9.17) is 10.2 Å². The summed E-state index contributed by atoms with van der Waals surface area (Å²) in [5.74, 6) is 0. The predicted molar refractivity (Wildman–Crippen MR) is 62.5 cm³/mol. The molecule has 0 saturated carbocycles. The van der Waals surface area contributed by atoms with Crippen molar-refractivity contribution in [1.29, 1.82) is 0 Å². The molecule has 0 fully saturated rings. The van der Waals surface area contributed by atoms with Crippen molar-refractivity contribution >= 4 is 23.4 Å². The van der Waals surface area contributed by atoms with E-state index >= 15 is 0 Å². The summed E-state index contributed by atoms with van der Waals surface area (Å²) in [6, 6.07) is 3.08. The fourth-order valence-corrected chi connectivity index (χ4v) is 3.08. The Morgan fingerprint density at radius 2 is 2.44 bits per heavy atom. The van der Waals surface area contributed by atoms with E-state index in [2.05, 4.69) is 33.5 Å². The number of hydrogen-bond donors (Lipinski definition) is 1. The van der Waals surface area contributed by atoms with Gasteiger partial charge in [0.05, 0.1) is 6.04 Å². The van der Waals surface area contributed by atoms with Gasteiger partial charge in [0.15, 0.2) is 0 Å². The fraction of sp³-hybridized carbons (Fsp3) is 0.400. The van der Waals surface area contributed by atoms with Gasteiger partial charge in [0.1, 0.15) is 0 Å². The number of nitrogen functional groups attached to an aromatic ring is 1. The number of nitrogens with zero attached hydrogens (tertiary/aromatic N) is 3. The molecule has 0 aliphatic carbocycles. The van der Waals surface area contributed by atoms with Crippen molar-refractivity contribution in [3.63, 3.8) is 0 Å². The maximum absolute atomic E-state index is 5.44. The van der Waals surface area contributed by atoms with E-state index in [-0.39, 0.29) is 12.1 Å². The van der Waals surface area contributed by atoms with E-state index in [0.29, 0.717) is 6.01 Å². The molecule has 0 bridgehead atoms. The maximum Gasteiger partial charge on any atom is 0.320 e. The molecule has 0 aromatic carbocycles. The van der Waals surface area contributed by atoms with Crippen LogP contribution in [0.1, 0.15) is 23.4 Å². The summed E-state index contributed by atoms with van der Waals surface area (Å²) in [6.45, 7) is 3.04. The SMILES string of the molecule is CC1c2ccsc2CCN1c1nnc(N)o1. The average molecular weight is 236 g/mol. The highest BCUT2D eigenvalue weighted by Crippen LogP contribution is 2.35. The topological polar surface area (TPSA) is 68.2 Å². The molecule has 3 rings (SSSR count). The Morgan fingerprint density at radius 1 is 1.56 bits per heavy atom. The van der Waals surface area contributed by atoms with Crippen molar-refractivity contribution in [2.45, 2.75) is 19.4 Å². The van der Waals surface area contributed by atoms with E-state index in [9.17, 15) is 0 Å². The fourth-order valence-electron chi connectivity index (χ4n) is 2.11. The molecule has 3 heterocycles. The molecule has 0 saturated heterocycles. The molecule has 0 radical (unpaired) electrons. The van der Waals surface area contributed by atoms with Crippen molar-refractivity contribution in [2.24, 2.45) is 0 Å². The zero-order valence-electron chi connectivity index (χ0n) is 8.88. The Morgan fingerprint density at radius 3 is 3.19 bits per heavy atom. The van der Waals surface area contributed by atoms with Gasteiger partial charge in [0.2, 0.25) is 0 Å². The summed E-state index contributed by atoms with van der Waals surface area (Å²) >= 11 is 1.81.